The molecular weight excluding hydrogens is 185 g/mol. The Labute approximate surface area is 83.7 Å². The molecule has 1 aliphatic rings. The Hall–Kier alpha value is 1.10. The summed E-state index contributed by atoms with van der Waals surface area (Å²) < 4.78 is 0. The molecule has 0 aromatic heterocycles. The summed E-state index contributed by atoms with van der Waals surface area (Å²) in [6.45, 7) is 0. The van der Waals surface area contributed by atoms with Crippen molar-refractivity contribution in [1.29, 1.82) is 0 Å². The van der Waals surface area contributed by atoms with E-state index in [9.17, 15) is 0 Å². The van der Waals surface area contributed by atoms with E-state index in [1.54, 1.807) is 0 Å². The van der Waals surface area contributed by atoms with E-state index in [1.165, 1.54) is 38.5 Å². The van der Waals surface area contributed by atoms with Gasteiger partial charge >= 0.3 is 0 Å². The molecule has 1 radical (unpaired) electrons. The van der Waals surface area contributed by atoms with Crippen molar-refractivity contribution in [3.63, 3.8) is 0 Å². The standard InChI is InChI=1S/C8H14.Y/c1-2-4-6-8-7-5-3-1;/h1,8H,2-7H2;/q-2;. The fourth-order valence-electron chi connectivity index (χ4n) is 1.10. The van der Waals surface area contributed by atoms with E-state index in [1.807, 2.05) is 0 Å². The molecule has 0 aromatic rings. The first-order chi connectivity index (χ1) is 4.00. The minimum absolute atomic E-state index is 0. The van der Waals surface area contributed by atoms with Crippen LogP contribution in [0, 0.1) is 12.8 Å². The third-order valence-electron chi connectivity index (χ3n) is 1.63. The molecule has 1 saturated carbocycles. The van der Waals surface area contributed by atoms with Crippen molar-refractivity contribution in [1.82, 2.24) is 0 Å². The van der Waals surface area contributed by atoms with Gasteiger partial charge in [-0.3, -0.25) is 0 Å². The van der Waals surface area contributed by atoms with Crippen molar-refractivity contribution in [2.45, 2.75) is 38.5 Å². The van der Waals surface area contributed by atoms with Crippen LogP contribution in [0.5, 0.6) is 0 Å². The summed E-state index contributed by atoms with van der Waals surface area (Å²) in [5, 5.41) is 0. The largest absolute Gasteiger partial charge is 0.329 e. The maximum atomic E-state index is 2.42. The first-order valence-corrected chi connectivity index (χ1v) is 3.63. The Morgan fingerprint density at radius 1 is 0.667 bits per heavy atom. The van der Waals surface area contributed by atoms with E-state index in [0.29, 0.717) is 0 Å². The zero-order valence-electron chi connectivity index (χ0n) is 5.97. The van der Waals surface area contributed by atoms with Gasteiger partial charge in [-0.1, -0.05) is 0 Å². The molecule has 0 aromatic carbocycles. The van der Waals surface area contributed by atoms with Crippen molar-refractivity contribution >= 4 is 0 Å². The summed E-state index contributed by atoms with van der Waals surface area (Å²) >= 11 is 0. The van der Waals surface area contributed by atoms with E-state index in [0.717, 1.165) is 0 Å². The molecule has 0 aliphatic heterocycles. The van der Waals surface area contributed by atoms with Gasteiger partial charge < -0.3 is 12.8 Å². The quantitative estimate of drug-likeness (QED) is 0.526. The van der Waals surface area contributed by atoms with Crippen LogP contribution >= 0.6 is 0 Å². The van der Waals surface area contributed by atoms with Gasteiger partial charge in [0.05, 0.1) is 0 Å². The van der Waals surface area contributed by atoms with Crippen LogP contribution in [0.3, 0.4) is 0 Å². The van der Waals surface area contributed by atoms with Gasteiger partial charge in [0, 0.05) is 32.7 Å². The minimum Gasteiger partial charge on any atom is -0.329 e. The predicted molar refractivity (Wildman–Crippen MR) is 36.3 cm³/mol. The molecule has 0 N–H and O–H groups in total. The van der Waals surface area contributed by atoms with E-state index in [-0.39, 0.29) is 32.7 Å². The van der Waals surface area contributed by atoms with Gasteiger partial charge in [-0.25, -0.2) is 0 Å². The summed E-state index contributed by atoms with van der Waals surface area (Å²) in [6, 6.07) is 0. The Balaban J connectivity index is 0.000000640. The van der Waals surface area contributed by atoms with E-state index in [2.05, 4.69) is 12.8 Å². The van der Waals surface area contributed by atoms with Crippen LogP contribution in [-0.2, 0) is 32.7 Å². The predicted octanol–water partition coefficient (Wildman–Crippen LogP) is 2.75. The van der Waals surface area contributed by atoms with E-state index in [4.69, 9.17) is 0 Å². The number of hydrogen-bond acceptors (Lipinski definition) is 0. The fourth-order valence-corrected chi connectivity index (χ4v) is 1.10. The van der Waals surface area contributed by atoms with Gasteiger partial charge in [0.15, 0.2) is 0 Å². The zero-order valence-corrected chi connectivity index (χ0v) is 8.81. The van der Waals surface area contributed by atoms with Crippen LogP contribution in [0.25, 0.3) is 0 Å². The normalized spacial score (nSPS) is 21.3. The second-order valence-electron chi connectivity index (χ2n) is 2.44. The number of hydrogen-bond donors (Lipinski definition) is 0. The second-order valence-corrected chi connectivity index (χ2v) is 2.44. The first kappa shape index (κ1) is 10.1. The van der Waals surface area contributed by atoms with Crippen molar-refractivity contribution in [2.75, 3.05) is 0 Å². The van der Waals surface area contributed by atoms with Crippen molar-refractivity contribution in [3.8, 4) is 0 Å². The Bertz CT molecular complexity index is 28.5. The molecule has 0 amide bonds. The fraction of sp³-hybridized carbons (Fsp3) is 0.750. The molecule has 9 heavy (non-hydrogen) atoms. The smallest absolute Gasteiger partial charge is 0 e. The first-order valence-electron chi connectivity index (χ1n) is 3.63. The summed E-state index contributed by atoms with van der Waals surface area (Å²) in [7, 11) is 0. The third-order valence-corrected chi connectivity index (χ3v) is 1.63. The average Bonchev–Trinajstić information content (AvgIpc) is 1.62. The molecule has 0 unspecified atom stereocenters. The molecule has 1 aliphatic carbocycles. The molecule has 1 fully saturated rings. The maximum Gasteiger partial charge on any atom is 0 e. The molecular formula is C8H14Y-2. The Kier molecular flexibility index (Phi) is 8.10. The summed E-state index contributed by atoms with van der Waals surface area (Å²) in [6.07, 6.45) is 13.0. The molecule has 0 saturated heterocycles. The third kappa shape index (κ3) is 5.54. The second kappa shape index (κ2) is 7.21. The molecule has 0 heterocycles. The molecule has 0 nitrogen and oxygen atoms in total. The van der Waals surface area contributed by atoms with Crippen LogP contribution < -0.4 is 0 Å². The van der Waals surface area contributed by atoms with E-state index < -0.39 is 0 Å². The SMILES string of the molecule is [CH-]1CCC[CH-]CCC1.[Y]. The maximum absolute atomic E-state index is 2.42. The monoisotopic (exact) mass is 199 g/mol. The van der Waals surface area contributed by atoms with Crippen molar-refractivity contribution < 1.29 is 32.7 Å². The van der Waals surface area contributed by atoms with Gasteiger partial charge in [0.1, 0.15) is 0 Å². The van der Waals surface area contributed by atoms with Crippen LogP contribution in [-0.4, -0.2) is 0 Å². The molecule has 0 spiro atoms. The van der Waals surface area contributed by atoms with Gasteiger partial charge in [0.25, 0.3) is 0 Å². The van der Waals surface area contributed by atoms with E-state index >= 15 is 0 Å². The zero-order chi connectivity index (χ0) is 5.66. The van der Waals surface area contributed by atoms with Crippen LogP contribution in [0.15, 0.2) is 0 Å². The summed E-state index contributed by atoms with van der Waals surface area (Å²) in [5.41, 5.74) is 0. The van der Waals surface area contributed by atoms with Crippen LogP contribution in [0.1, 0.15) is 38.5 Å². The molecule has 1 rings (SSSR count). The minimum atomic E-state index is 0. The van der Waals surface area contributed by atoms with Gasteiger partial charge in [-0.2, -0.15) is 25.7 Å². The number of rotatable bonds is 0. The molecule has 1 heteroatoms. The topological polar surface area (TPSA) is 0 Å². The Morgan fingerprint density at radius 2 is 1.00 bits per heavy atom. The van der Waals surface area contributed by atoms with Crippen LogP contribution in [0.4, 0.5) is 0 Å². The van der Waals surface area contributed by atoms with Crippen molar-refractivity contribution in [3.05, 3.63) is 12.8 Å². The summed E-state index contributed by atoms with van der Waals surface area (Å²) in [5.74, 6) is 0. The van der Waals surface area contributed by atoms with Crippen molar-refractivity contribution in [2.24, 2.45) is 0 Å². The summed E-state index contributed by atoms with van der Waals surface area (Å²) in [4.78, 5) is 0. The molecule has 0 atom stereocenters. The average molecular weight is 199 g/mol. The molecule has 51 valence electrons. The van der Waals surface area contributed by atoms with Gasteiger partial charge in [-0.15, -0.1) is 12.8 Å². The van der Waals surface area contributed by atoms with Gasteiger partial charge in [-0.05, 0) is 0 Å². The molecule has 0 bridgehead atoms. The van der Waals surface area contributed by atoms with Crippen LogP contribution in [0.2, 0.25) is 0 Å². The van der Waals surface area contributed by atoms with Gasteiger partial charge in [0.2, 0.25) is 0 Å². The Morgan fingerprint density at radius 3 is 1.33 bits per heavy atom.